The second kappa shape index (κ2) is 7.21. The fraction of sp³-hybridized carbons (Fsp3) is 0.562. The number of carboxylic acids is 1. The van der Waals surface area contributed by atoms with Crippen molar-refractivity contribution in [1.82, 2.24) is 9.88 Å². The van der Waals surface area contributed by atoms with Gasteiger partial charge in [0, 0.05) is 26.2 Å². The molecule has 132 valence electrons. The molecule has 1 fully saturated rings. The number of piperidine rings is 1. The topological polar surface area (TPSA) is 79.7 Å². The van der Waals surface area contributed by atoms with Crippen LogP contribution in [0.1, 0.15) is 46.2 Å². The fourth-order valence-corrected chi connectivity index (χ4v) is 2.53. The molecule has 2 heterocycles. The van der Waals surface area contributed by atoms with Gasteiger partial charge in [-0.25, -0.2) is 13.6 Å². The number of aryl methyl sites for hydroxylation is 1. The Morgan fingerprint density at radius 2 is 2.04 bits per heavy atom. The number of nitrogens with zero attached hydrogens (tertiary/aromatic N) is 2. The third-order valence-electron chi connectivity index (χ3n) is 3.87. The summed E-state index contributed by atoms with van der Waals surface area (Å²) in [6, 6.07) is 1.31. The van der Waals surface area contributed by atoms with E-state index in [9.17, 15) is 18.4 Å². The largest absolute Gasteiger partial charge is 0.478 e. The van der Waals surface area contributed by atoms with Gasteiger partial charge < -0.3 is 14.7 Å². The second-order valence-corrected chi connectivity index (χ2v) is 6.03. The summed E-state index contributed by atoms with van der Waals surface area (Å²) in [5.41, 5.74) is 0.649. The van der Waals surface area contributed by atoms with Crippen LogP contribution in [0.4, 0.5) is 8.78 Å². The first kappa shape index (κ1) is 18.3. The van der Waals surface area contributed by atoms with E-state index in [1.54, 1.807) is 11.8 Å². The Morgan fingerprint density at radius 1 is 1.42 bits per heavy atom. The quantitative estimate of drug-likeness (QED) is 0.889. The summed E-state index contributed by atoms with van der Waals surface area (Å²) in [5.74, 6) is -4.32. The number of hydrogen-bond acceptors (Lipinski definition) is 4. The minimum Gasteiger partial charge on any atom is -0.478 e. The maximum absolute atomic E-state index is 12.8. The first-order valence-electron chi connectivity index (χ1n) is 7.66. The molecule has 1 aromatic heterocycles. The monoisotopic (exact) mass is 342 g/mol. The first-order chi connectivity index (χ1) is 11.2. The molecule has 6 nitrogen and oxygen atoms in total. The van der Waals surface area contributed by atoms with Crippen LogP contribution in [-0.2, 0) is 4.74 Å². The zero-order chi connectivity index (χ0) is 17.9. The average molecular weight is 342 g/mol. The summed E-state index contributed by atoms with van der Waals surface area (Å²) < 4.78 is 30.8. The fourth-order valence-electron chi connectivity index (χ4n) is 2.53. The molecule has 0 unspecified atom stereocenters. The van der Waals surface area contributed by atoms with Gasteiger partial charge in [-0.05, 0) is 25.8 Å². The predicted molar refractivity (Wildman–Crippen MR) is 81.4 cm³/mol. The molecule has 1 aliphatic rings. The van der Waals surface area contributed by atoms with Crippen LogP contribution in [0.2, 0.25) is 0 Å². The van der Waals surface area contributed by atoms with Gasteiger partial charge in [0.25, 0.3) is 11.8 Å². The van der Waals surface area contributed by atoms with Crippen molar-refractivity contribution in [1.29, 1.82) is 0 Å². The van der Waals surface area contributed by atoms with E-state index in [1.807, 2.05) is 0 Å². The summed E-state index contributed by atoms with van der Waals surface area (Å²) in [6.45, 7) is 2.55. The summed E-state index contributed by atoms with van der Waals surface area (Å²) in [5, 5.41) is 9.01. The van der Waals surface area contributed by atoms with Crippen molar-refractivity contribution >= 4 is 11.9 Å². The van der Waals surface area contributed by atoms with E-state index < -0.39 is 18.5 Å². The Hall–Kier alpha value is -2.09. The lowest BCUT2D eigenvalue weighted by Gasteiger charge is -2.32. The number of aromatic carboxylic acids is 1. The number of hydrogen-bond donors (Lipinski definition) is 1. The molecule has 24 heavy (non-hydrogen) atoms. The predicted octanol–water partition coefficient (Wildman–Crippen LogP) is 2.36. The lowest BCUT2D eigenvalue weighted by Crippen LogP contribution is -2.42. The maximum Gasteiger partial charge on any atom is 0.337 e. The zero-order valence-corrected chi connectivity index (χ0v) is 13.6. The van der Waals surface area contributed by atoms with Crippen LogP contribution >= 0.6 is 0 Å². The molecule has 1 amide bonds. The van der Waals surface area contributed by atoms with Crippen molar-refractivity contribution in [3.63, 3.8) is 0 Å². The van der Waals surface area contributed by atoms with Gasteiger partial charge in [-0.3, -0.25) is 9.78 Å². The molecule has 0 radical (unpaired) electrons. The molecule has 1 N–H and O–H groups in total. The van der Waals surface area contributed by atoms with Gasteiger partial charge in [0.05, 0.1) is 22.9 Å². The minimum atomic E-state index is -2.87. The number of alkyl halides is 2. The number of carbonyl (C=O) groups is 2. The molecule has 2 rings (SSSR count). The number of carboxylic acid groups (broad SMARTS) is 1. The number of halogens is 2. The zero-order valence-electron chi connectivity index (χ0n) is 13.6. The number of amides is 1. The highest BCUT2D eigenvalue weighted by molar-refractivity contribution is 5.98. The minimum absolute atomic E-state index is 0.0488. The molecule has 1 aromatic rings. The summed E-state index contributed by atoms with van der Waals surface area (Å²) in [6.07, 6.45) is 1.84. The number of aromatic nitrogens is 1. The highest BCUT2D eigenvalue weighted by Gasteiger charge is 2.28. The average Bonchev–Trinajstić information content (AvgIpc) is 2.52. The number of ether oxygens (including phenoxy) is 1. The smallest absolute Gasteiger partial charge is 0.337 e. The number of pyridine rings is 1. The molecular weight excluding hydrogens is 322 g/mol. The van der Waals surface area contributed by atoms with Gasteiger partial charge in [-0.15, -0.1) is 0 Å². The molecule has 1 aliphatic heterocycles. The van der Waals surface area contributed by atoms with E-state index in [0.29, 0.717) is 31.6 Å². The van der Waals surface area contributed by atoms with Crippen molar-refractivity contribution in [2.24, 2.45) is 0 Å². The van der Waals surface area contributed by atoms with E-state index in [0.717, 1.165) is 6.92 Å². The van der Waals surface area contributed by atoms with Crippen LogP contribution in [0, 0.1) is 6.92 Å². The van der Waals surface area contributed by atoms with Crippen molar-refractivity contribution in [3.8, 4) is 0 Å². The van der Waals surface area contributed by atoms with E-state index in [1.165, 1.54) is 12.3 Å². The Kier molecular flexibility index (Phi) is 5.48. The Bertz CT molecular complexity index is 623. The number of carbonyl (C=O) groups excluding carboxylic acids is 1. The molecule has 0 bridgehead atoms. The molecule has 0 saturated carbocycles. The van der Waals surface area contributed by atoms with Crippen LogP contribution in [0.15, 0.2) is 12.3 Å². The van der Waals surface area contributed by atoms with Crippen molar-refractivity contribution in [3.05, 3.63) is 29.1 Å². The van der Waals surface area contributed by atoms with Gasteiger partial charge >= 0.3 is 5.97 Å². The third-order valence-corrected chi connectivity index (χ3v) is 3.87. The van der Waals surface area contributed by atoms with Crippen LogP contribution < -0.4 is 0 Å². The van der Waals surface area contributed by atoms with Gasteiger partial charge in [-0.1, -0.05) is 0 Å². The summed E-state index contributed by atoms with van der Waals surface area (Å²) in [7, 11) is 0. The molecule has 0 aromatic carbocycles. The molecule has 0 aliphatic carbocycles. The Morgan fingerprint density at radius 3 is 2.58 bits per heavy atom. The van der Waals surface area contributed by atoms with E-state index in [-0.39, 0.29) is 23.1 Å². The Balaban J connectivity index is 1.98. The second-order valence-electron chi connectivity index (χ2n) is 6.03. The molecule has 1 saturated heterocycles. The molecular formula is C16H20F2N2O4. The van der Waals surface area contributed by atoms with Crippen molar-refractivity contribution in [2.45, 2.75) is 38.7 Å². The van der Waals surface area contributed by atoms with Crippen molar-refractivity contribution < 1.29 is 28.2 Å². The van der Waals surface area contributed by atoms with Gasteiger partial charge in [-0.2, -0.15) is 0 Å². The number of rotatable bonds is 5. The Labute approximate surface area is 138 Å². The number of likely N-dealkylation sites (tertiary alicyclic amines) is 1. The summed E-state index contributed by atoms with van der Waals surface area (Å²) >= 11 is 0. The van der Waals surface area contributed by atoms with Crippen molar-refractivity contribution in [2.75, 3.05) is 19.7 Å². The summed E-state index contributed by atoms with van der Waals surface area (Å²) in [4.78, 5) is 29.1. The highest BCUT2D eigenvalue weighted by atomic mass is 19.3. The van der Waals surface area contributed by atoms with Gasteiger partial charge in [0.1, 0.15) is 6.61 Å². The van der Waals surface area contributed by atoms with E-state index >= 15 is 0 Å². The molecule has 0 spiro atoms. The van der Waals surface area contributed by atoms with Crippen LogP contribution in [-0.4, -0.2) is 58.6 Å². The highest BCUT2D eigenvalue weighted by Crippen LogP contribution is 2.20. The first-order valence-corrected chi connectivity index (χ1v) is 7.66. The lowest BCUT2D eigenvalue weighted by atomic mass is 10.0. The standard InChI is InChI=1S/C16H20F2N2O4/c1-10-13(7-11(8-19-10)15(22)23)14(21)20-5-3-12(4-6-20)24-9-16(2,17)18/h7-8,12H,3-6,9H2,1-2H3,(H,22,23). The molecule has 0 atom stereocenters. The van der Waals surface area contributed by atoms with E-state index in [2.05, 4.69) is 4.98 Å². The lowest BCUT2D eigenvalue weighted by molar-refractivity contribution is -0.0968. The molecule has 8 heteroatoms. The van der Waals surface area contributed by atoms with E-state index in [4.69, 9.17) is 9.84 Å². The van der Waals surface area contributed by atoms with Crippen LogP contribution in [0.3, 0.4) is 0 Å². The third kappa shape index (κ3) is 4.70. The maximum atomic E-state index is 12.8. The SMILES string of the molecule is Cc1ncc(C(=O)O)cc1C(=O)N1CCC(OCC(C)(F)F)CC1. The van der Waals surface area contributed by atoms with Gasteiger partial charge in [0.2, 0.25) is 0 Å². The van der Waals surface area contributed by atoms with Crippen LogP contribution in [0.25, 0.3) is 0 Å². The van der Waals surface area contributed by atoms with Gasteiger partial charge in [0.15, 0.2) is 0 Å². The van der Waals surface area contributed by atoms with Crippen LogP contribution in [0.5, 0.6) is 0 Å². The normalized spacial score (nSPS) is 16.2.